The normalized spacial score (nSPS) is 14.3. The van der Waals surface area contributed by atoms with Gasteiger partial charge in [-0.25, -0.2) is 0 Å². The fourth-order valence-electron chi connectivity index (χ4n) is 4.86. The number of amides is 1. The molecule has 1 aliphatic heterocycles. The number of carbonyl (C=O) groups is 1. The molecule has 0 spiro atoms. The summed E-state index contributed by atoms with van der Waals surface area (Å²) in [7, 11) is 3.61. The van der Waals surface area contributed by atoms with Crippen molar-refractivity contribution in [1.29, 1.82) is 0 Å². The van der Waals surface area contributed by atoms with Crippen molar-refractivity contribution >= 4 is 11.6 Å². The molecule has 3 aromatic rings. The fourth-order valence-corrected chi connectivity index (χ4v) is 4.86. The van der Waals surface area contributed by atoms with Crippen LogP contribution in [0.1, 0.15) is 27.2 Å². The SMILES string of the molecule is COc1c(C(=O)NCCN2CCN(c3cccc(C)c3C)CC2)c(C)n(C)c1-c1ccccc1. The van der Waals surface area contributed by atoms with Gasteiger partial charge in [0.05, 0.1) is 12.8 Å². The number of hydrogen-bond acceptors (Lipinski definition) is 4. The highest BCUT2D eigenvalue weighted by Gasteiger charge is 2.26. The van der Waals surface area contributed by atoms with E-state index in [-0.39, 0.29) is 5.91 Å². The molecule has 1 N–H and O–H groups in total. The number of carbonyl (C=O) groups excluding carboxylic acids is 1. The van der Waals surface area contributed by atoms with Gasteiger partial charge >= 0.3 is 0 Å². The highest BCUT2D eigenvalue weighted by molar-refractivity contribution is 6.01. The summed E-state index contributed by atoms with van der Waals surface area (Å²) in [5.74, 6) is 0.548. The Balaban J connectivity index is 1.36. The summed E-state index contributed by atoms with van der Waals surface area (Å²) in [6, 6.07) is 16.6. The Bertz CT molecular complexity index is 1140. The lowest BCUT2D eigenvalue weighted by atomic mass is 10.1. The maximum atomic E-state index is 13.2. The van der Waals surface area contributed by atoms with Crippen LogP contribution in [0.3, 0.4) is 0 Å². The summed E-state index contributed by atoms with van der Waals surface area (Å²) in [4.78, 5) is 18.1. The van der Waals surface area contributed by atoms with Crippen LogP contribution >= 0.6 is 0 Å². The lowest BCUT2D eigenvalue weighted by molar-refractivity contribution is 0.0944. The van der Waals surface area contributed by atoms with Gasteiger partial charge in [0.1, 0.15) is 5.56 Å². The van der Waals surface area contributed by atoms with E-state index in [0.717, 1.165) is 49.7 Å². The predicted molar refractivity (Wildman–Crippen MR) is 139 cm³/mol. The van der Waals surface area contributed by atoms with Crippen LogP contribution in [0.5, 0.6) is 5.75 Å². The molecule has 1 aliphatic rings. The molecule has 2 aromatic carbocycles. The molecular formula is C28H36N4O2. The zero-order chi connectivity index (χ0) is 24.2. The number of nitrogens with zero attached hydrogens (tertiary/aromatic N) is 3. The summed E-state index contributed by atoms with van der Waals surface area (Å²) in [5, 5.41) is 3.13. The van der Waals surface area contributed by atoms with Crippen molar-refractivity contribution < 1.29 is 9.53 Å². The maximum absolute atomic E-state index is 13.2. The molecule has 0 bridgehead atoms. The molecule has 0 aliphatic carbocycles. The van der Waals surface area contributed by atoms with Crippen LogP contribution in [0, 0.1) is 20.8 Å². The van der Waals surface area contributed by atoms with E-state index in [0.29, 0.717) is 17.9 Å². The summed E-state index contributed by atoms with van der Waals surface area (Å²) in [6.07, 6.45) is 0. The average Bonchev–Trinajstić information content (AvgIpc) is 3.11. The van der Waals surface area contributed by atoms with Crippen LogP contribution in [0.25, 0.3) is 11.3 Å². The predicted octanol–water partition coefficient (Wildman–Crippen LogP) is 4.18. The molecular weight excluding hydrogens is 424 g/mol. The maximum Gasteiger partial charge on any atom is 0.256 e. The van der Waals surface area contributed by atoms with Crippen LogP contribution in [0.2, 0.25) is 0 Å². The Morgan fingerprint density at radius 1 is 0.971 bits per heavy atom. The summed E-state index contributed by atoms with van der Waals surface area (Å²) >= 11 is 0. The van der Waals surface area contributed by atoms with Gasteiger partial charge in [-0.05, 0) is 38.0 Å². The van der Waals surface area contributed by atoms with Gasteiger partial charge in [0.2, 0.25) is 0 Å². The molecule has 0 saturated carbocycles. The van der Waals surface area contributed by atoms with E-state index in [1.54, 1.807) is 7.11 Å². The average molecular weight is 461 g/mol. The number of aromatic nitrogens is 1. The number of nitrogens with one attached hydrogen (secondary N) is 1. The Kier molecular flexibility index (Phi) is 7.27. The van der Waals surface area contributed by atoms with Gasteiger partial charge in [-0.2, -0.15) is 0 Å². The number of methoxy groups -OCH3 is 1. The first kappa shape index (κ1) is 23.9. The number of benzene rings is 2. The van der Waals surface area contributed by atoms with Crippen molar-refractivity contribution in [2.24, 2.45) is 7.05 Å². The fraction of sp³-hybridized carbons (Fsp3) is 0.393. The molecule has 1 fully saturated rings. The second-order valence-corrected chi connectivity index (χ2v) is 9.07. The number of hydrogen-bond donors (Lipinski definition) is 1. The number of rotatable bonds is 7. The van der Waals surface area contributed by atoms with Gasteiger partial charge in [0, 0.05) is 63.3 Å². The standard InChI is InChI=1S/C28H36N4O2/c1-20-10-9-13-24(21(20)2)32-18-16-31(17-19-32)15-14-29-28(33)25-22(3)30(4)26(27(25)34-5)23-11-7-6-8-12-23/h6-13H,14-19H2,1-5H3,(H,29,33). The number of aryl methyl sites for hydroxylation is 1. The number of ether oxygens (including phenoxy) is 1. The van der Waals surface area contributed by atoms with E-state index < -0.39 is 0 Å². The summed E-state index contributed by atoms with van der Waals surface area (Å²) in [6.45, 7) is 11.8. The van der Waals surface area contributed by atoms with Crippen molar-refractivity contribution in [2.45, 2.75) is 20.8 Å². The van der Waals surface area contributed by atoms with E-state index >= 15 is 0 Å². The van der Waals surface area contributed by atoms with Crippen molar-refractivity contribution in [1.82, 2.24) is 14.8 Å². The highest BCUT2D eigenvalue weighted by Crippen LogP contribution is 2.37. The largest absolute Gasteiger partial charge is 0.494 e. The molecule has 1 aromatic heterocycles. The van der Waals surface area contributed by atoms with Crippen LogP contribution in [-0.4, -0.2) is 61.8 Å². The summed E-state index contributed by atoms with van der Waals surface area (Å²) in [5.41, 5.74) is 7.52. The molecule has 1 amide bonds. The van der Waals surface area contributed by atoms with Crippen LogP contribution in [-0.2, 0) is 7.05 Å². The van der Waals surface area contributed by atoms with Gasteiger partial charge < -0.3 is 19.5 Å². The molecule has 180 valence electrons. The van der Waals surface area contributed by atoms with Crippen molar-refractivity contribution in [3.8, 4) is 17.0 Å². The minimum Gasteiger partial charge on any atom is -0.494 e. The third-order valence-corrected chi connectivity index (χ3v) is 7.12. The quantitative estimate of drug-likeness (QED) is 0.575. The van der Waals surface area contributed by atoms with Crippen molar-refractivity contribution in [3.05, 3.63) is 70.9 Å². The highest BCUT2D eigenvalue weighted by atomic mass is 16.5. The molecule has 2 heterocycles. The van der Waals surface area contributed by atoms with E-state index in [1.807, 2.05) is 48.9 Å². The van der Waals surface area contributed by atoms with E-state index in [9.17, 15) is 4.79 Å². The van der Waals surface area contributed by atoms with Gasteiger partial charge in [0.25, 0.3) is 5.91 Å². The Labute approximate surface area is 203 Å². The molecule has 0 radical (unpaired) electrons. The minimum atomic E-state index is -0.0823. The first-order chi connectivity index (χ1) is 16.4. The second kappa shape index (κ2) is 10.3. The molecule has 1 saturated heterocycles. The van der Waals surface area contributed by atoms with Gasteiger partial charge in [0.15, 0.2) is 5.75 Å². The monoisotopic (exact) mass is 460 g/mol. The lowest BCUT2D eigenvalue weighted by Gasteiger charge is -2.37. The van der Waals surface area contributed by atoms with Gasteiger partial charge in [-0.15, -0.1) is 0 Å². The third-order valence-electron chi connectivity index (χ3n) is 7.12. The topological polar surface area (TPSA) is 49.7 Å². The first-order valence-corrected chi connectivity index (χ1v) is 12.0. The van der Waals surface area contributed by atoms with E-state index in [2.05, 4.69) is 47.2 Å². The molecule has 0 unspecified atom stereocenters. The zero-order valence-electron chi connectivity index (χ0n) is 21.0. The molecule has 34 heavy (non-hydrogen) atoms. The first-order valence-electron chi connectivity index (χ1n) is 12.0. The molecule has 6 nitrogen and oxygen atoms in total. The lowest BCUT2D eigenvalue weighted by Crippen LogP contribution is -2.48. The molecule has 4 rings (SSSR count). The minimum absolute atomic E-state index is 0.0823. The van der Waals surface area contributed by atoms with Crippen molar-refractivity contribution in [3.63, 3.8) is 0 Å². The van der Waals surface area contributed by atoms with E-state index in [1.165, 1.54) is 16.8 Å². The Hall–Kier alpha value is -3.25. The van der Waals surface area contributed by atoms with Crippen LogP contribution in [0.15, 0.2) is 48.5 Å². The number of anilines is 1. The van der Waals surface area contributed by atoms with Crippen LogP contribution < -0.4 is 15.0 Å². The molecule has 6 heteroatoms. The Morgan fingerprint density at radius 3 is 2.35 bits per heavy atom. The zero-order valence-corrected chi connectivity index (χ0v) is 21.0. The van der Waals surface area contributed by atoms with Crippen LogP contribution in [0.4, 0.5) is 5.69 Å². The van der Waals surface area contributed by atoms with E-state index in [4.69, 9.17) is 4.74 Å². The summed E-state index contributed by atoms with van der Waals surface area (Å²) < 4.78 is 7.76. The second-order valence-electron chi connectivity index (χ2n) is 9.07. The third kappa shape index (κ3) is 4.68. The number of piperazine rings is 1. The van der Waals surface area contributed by atoms with Gasteiger partial charge in [-0.3, -0.25) is 9.69 Å². The van der Waals surface area contributed by atoms with Crippen molar-refractivity contribution in [2.75, 3.05) is 51.3 Å². The van der Waals surface area contributed by atoms with Gasteiger partial charge in [-0.1, -0.05) is 42.5 Å². The Morgan fingerprint density at radius 2 is 1.68 bits per heavy atom. The molecule has 0 atom stereocenters. The smallest absolute Gasteiger partial charge is 0.256 e.